The summed E-state index contributed by atoms with van der Waals surface area (Å²) in [6.07, 6.45) is 4.16. The van der Waals surface area contributed by atoms with Crippen molar-refractivity contribution in [1.29, 1.82) is 0 Å². The Morgan fingerprint density at radius 2 is 1.80 bits per heavy atom. The van der Waals surface area contributed by atoms with Crippen LogP contribution in [0.1, 0.15) is 20.7 Å². The van der Waals surface area contributed by atoms with Crippen molar-refractivity contribution >= 4 is 11.6 Å². The molecule has 1 aliphatic rings. The number of piperidine rings is 1. The lowest BCUT2D eigenvalue weighted by Gasteiger charge is -2.25. The highest BCUT2D eigenvalue weighted by atomic mass is 35.5. The molecule has 0 aromatic heterocycles. The summed E-state index contributed by atoms with van der Waals surface area (Å²) in [5.74, 6) is 0.792. The van der Waals surface area contributed by atoms with Gasteiger partial charge in [-0.1, -0.05) is 6.42 Å². The SMILES string of the molecule is ClCCN1CCCCC1.[Cl-].[H+]. The smallest absolute Gasteiger partial charge is 1.00 e. The first kappa shape index (κ1) is 10.5. The van der Waals surface area contributed by atoms with Gasteiger partial charge in [-0.05, 0) is 25.9 Å². The minimum atomic E-state index is 0. The highest BCUT2D eigenvalue weighted by Crippen LogP contribution is 2.07. The molecule has 0 bridgehead atoms. The van der Waals surface area contributed by atoms with Crippen LogP contribution in [0.4, 0.5) is 0 Å². The van der Waals surface area contributed by atoms with E-state index < -0.39 is 0 Å². The molecular weight excluding hydrogens is 169 g/mol. The molecule has 10 heavy (non-hydrogen) atoms. The highest BCUT2D eigenvalue weighted by Gasteiger charge is 2.07. The highest BCUT2D eigenvalue weighted by molar-refractivity contribution is 6.18. The van der Waals surface area contributed by atoms with Crippen LogP contribution in [-0.2, 0) is 0 Å². The van der Waals surface area contributed by atoms with Crippen LogP contribution >= 0.6 is 11.6 Å². The topological polar surface area (TPSA) is 3.24 Å². The van der Waals surface area contributed by atoms with Crippen LogP contribution < -0.4 is 12.4 Å². The van der Waals surface area contributed by atoms with Gasteiger partial charge in [-0.3, -0.25) is 0 Å². The molecule has 0 spiro atoms. The average Bonchev–Trinajstić information content (AvgIpc) is 1.91. The normalized spacial score (nSPS) is 20.1. The summed E-state index contributed by atoms with van der Waals surface area (Å²) in [4.78, 5) is 2.44. The minimum absolute atomic E-state index is 0. The van der Waals surface area contributed by atoms with Gasteiger partial charge >= 0.3 is 1.43 Å². The third kappa shape index (κ3) is 3.65. The van der Waals surface area contributed by atoms with Crippen LogP contribution in [0.3, 0.4) is 0 Å². The Hall–Kier alpha value is 0.540. The quantitative estimate of drug-likeness (QED) is 0.489. The number of nitrogens with zero attached hydrogens (tertiary/aromatic N) is 1. The Morgan fingerprint density at radius 1 is 1.20 bits per heavy atom. The lowest BCUT2D eigenvalue weighted by atomic mass is 10.1. The van der Waals surface area contributed by atoms with E-state index in [-0.39, 0.29) is 13.8 Å². The third-order valence-corrected chi connectivity index (χ3v) is 2.02. The maximum Gasteiger partial charge on any atom is 1.00 e. The second-order valence-corrected chi connectivity index (χ2v) is 2.97. The minimum Gasteiger partial charge on any atom is -1.00 e. The molecule has 0 atom stereocenters. The maximum atomic E-state index is 5.59. The van der Waals surface area contributed by atoms with Crippen molar-refractivity contribution in [2.75, 3.05) is 25.5 Å². The maximum absolute atomic E-state index is 5.59. The summed E-state index contributed by atoms with van der Waals surface area (Å²) in [6.45, 7) is 3.63. The molecule has 0 unspecified atom stereocenters. The lowest BCUT2D eigenvalue weighted by Crippen LogP contribution is -3.00. The van der Waals surface area contributed by atoms with Gasteiger partial charge in [0.1, 0.15) is 0 Å². The molecule has 0 aromatic carbocycles. The molecule has 3 heteroatoms. The number of alkyl halides is 1. The van der Waals surface area contributed by atoms with Gasteiger partial charge in [0.2, 0.25) is 0 Å². The molecule has 0 saturated carbocycles. The Morgan fingerprint density at radius 3 is 2.30 bits per heavy atom. The second-order valence-electron chi connectivity index (χ2n) is 2.59. The Labute approximate surface area is 75.6 Å². The molecule has 1 heterocycles. The monoisotopic (exact) mass is 183 g/mol. The molecule has 1 saturated heterocycles. The predicted molar refractivity (Wildman–Crippen MR) is 42.1 cm³/mol. The van der Waals surface area contributed by atoms with Crippen LogP contribution in [0, 0.1) is 0 Å². The van der Waals surface area contributed by atoms with E-state index in [1.165, 1.54) is 32.4 Å². The summed E-state index contributed by atoms with van der Waals surface area (Å²) in [5, 5.41) is 0. The molecule has 1 fully saturated rings. The van der Waals surface area contributed by atoms with E-state index in [9.17, 15) is 0 Å². The fourth-order valence-corrected chi connectivity index (χ4v) is 1.54. The zero-order valence-corrected chi connectivity index (χ0v) is 7.66. The van der Waals surface area contributed by atoms with Gasteiger partial charge in [0.05, 0.1) is 0 Å². The zero-order valence-electron chi connectivity index (χ0n) is 7.15. The Balaban J connectivity index is 0. The molecule has 1 aliphatic heterocycles. The summed E-state index contributed by atoms with van der Waals surface area (Å²) in [7, 11) is 0. The first-order valence-electron chi connectivity index (χ1n) is 3.72. The van der Waals surface area contributed by atoms with E-state index >= 15 is 0 Å². The first-order chi connectivity index (χ1) is 4.43. The molecule has 62 valence electrons. The number of hydrogen-bond donors (Lipinski definition) is 0. The molecule has 0 radical (unpaired) electrons. The fourth-order valence-electron chi connectivity index (χ4n) is 1.30. The Kier molecular flexibility index (Phi) is 6.60. The molecule has 0 aromatic rings. The Bertz CT molecular complexity index is 74.1. The third-order valence-electron chi connectivity index (χ3n) is 1.85. The molecule has 0 amide bonds. The van der Waals surface area contributed by atoms with Crippen molar-refractivity contribution in [3.63, 3.8) is 0 Å². The predicted octanol–water partition coefficient (Wildman–Crippen LogP) is -1.17. The zero-order chi connectivity index (χ0) is 6.53. The van der Waals surface area contributed by atoms with Gasteiger partial charge < -0.3 is 17.3 Å². The van der Waals surface area contributed by atoms with E-state index in [0.717, 1.165) is 12.4 Å². The van der Waals surface area contributed by atoms with Gasteiger partial charge in [0.15, 0.2) is 0 Å². The van der Waals surface area contributed by atoms with E-state index in [1.54, 1.807) is 0 Å². The summed E-state index contributed by atoms with van der Waals surface area (Å²) in [6, 6.07) is 0. The van der Waals surface area contributed by atoms with Crippen molar-refractivity contribution in [2.45, 2.75) is 19.3 Å². The van der Waals surface area contributed by atoms with Crippen LogP contribution in [0.2, 0.25) is 0 Å². The van der Waals surface area contributed by atoms with Crippen LogP contribution in [0.25, 0.3) is 0 Å². The molecule has 1 rings (SSSR count). The standard InChI is InChI=1S/C7H14ClN.ClH/c8-4-7-9-5-2-1-3-6-9;/h1-7H2;1H. The van der Waals surface area contributed by atoms with E-state index in [4.69, 9.17) is 11.6 Å². The number of rotatable bonds is 2. The molecule has 0 N–H and O–H groups in total. The first-order valence-corrected chi connectivity index (χ1v) is 4.25. The van der Waals surface area contributed by atoms with Crippen LogP contribution in [-0.4, -0.2) is 30.4 Å². The van der Waals surface area contributed by atoms with Crippen molar-refractivity contribution in [2.24, 2.45) is 0 Å². The van der Waals surface area contributed by atoms with E-state index in [0.29, 0.717) is 0 Å². The van der Waals surface area contributed by atoms with Crippen LogP contribution in [0.15, 0.2) is 0 Å². The number of halogens is 2. The van der Waals surface area contributed by atoms with Gasteiger partial charge in [-0.15, -0.1) is 11.6 Å². The lowest BCUT2D eigenvalue weighted by molar-refractivity contribution is -0.00000187. The number of likely N-dealkylation sites (tertiary alicyclic amines) is 1. The van der Waals surface area contributed by atoms with E-state index in [2.05, 4.69) is 4.90 Å². The van der Waals surface area contributed by atoms with Crippen molar-refractivity contribution in [3.05, 3.63) is 0 Å². The summed E-state index contributed by atoms with van der Waals surface area (Å²) in [5.41, 5.74) is 0. The van der Waals surface area contributed by atoms with E-state index in [1.807, 2.05) is 0 Å². The molecule has 1 nitrogen and oxygen atoms in total. The molecule has 0 aliphatic carbocycles. The summed E-state index contributed by atoms with van der Waals surface area (Å²) >= 11 is 5.59. The van der Waals surface area contributed by atoms with Gasteiger partial charge in [0.25, 0.3) is 0 Å². The number of hydrogen-bond acceptors (Lipinski definition) is 1. The fraction of sp³-hybridized carbons (Fsp3) is 1.00. The van der Waals surface area contributed by atoms with Gasteiger partial charge in [0, 0.05) is 12.4 Å². The molecular formula is C7H15Cl2N. The van der Waals surface area contributed by atoms with Crippen molar-refractivity contribution in [3.8, 4) is 0 Å². The van der Waals surface area contributed by atoms with Crippen molar-refractivity contribution < 1.29 is 13.8 Å². The van der Waals surface area contributed by atoms with Crippen molar-refractivity contribution in [1.82, 2.24) is 4.90 Å². The van der Waals surface area contributed by atoms with Crippen LogP contribution in [0.5, 0.6) is 0 Å². The summed E-state index contributed by atoms with van der Waals surface area (Å²) < 4.78 is 0. The van der Waals surface area contributed by atoms with Gasteiger partial charge in [-0.25, -0.2) is 0 Å². The van der Waals surface area contributed by atoms with Gasteiger partial charge in [-0.2, -0.15) is 0 Å². The largest absolute Gasteiger partial charge is 1.00 e. The average molecular weight is 184 g/mol. The second kappa shape index (κ2) is 6.26.